The average molecular weight is 375 g/mol. The van der Waals surface area contributed by atoms with Gasteiger partial charge in [0.25, 0.3) is 15.9 Å². The van der Waals surface area contributed by atoms with Crippen LogP contribution in [0.1, 0.15) is 36.2 Å². The van der Waals surface area contributed by atoms with E-state index in [2.05, 4.69) is 19.2 Å². The Kier molecular flexibility index (Phi) is 6.42. The summed E-state index contributed by atoms with van der Waals surface area (Å²) in [5.74, 6) is 0.307. The van der Waals surface area contributed by atoms with Crippen LogP contribution in [0.5, 0.6) is 0 Å². The van der Waals surface area contributed by atoms with Crippen LogP contribution in [-0.4, -0.2) is 27.9 Å². The molecule has 6 heteroatoms. The van der Waals surface area contributed by atoms with Crippen molar-refractivity contribution < 1.29 is 13.2 Å². The van der Waals surface area contributed by atoms with Crippen LogP contribution in [0.25, 0.3) is 0 Å². The van der Waals surface area contributed by atoms with Gasteiger partial charge in [-0.3, -0.25) is 9.10 Å². The first-order chi connectivity index (χ1) is 12.2. The Labute approximate surface area is 156 Å². The fourth-order valence-electron chi connectivity index (χ4n) is 2.43. The van der Waals surface area contributed by atoms with Crippen molar-refractivity contribution in [2.75, 3.05) is 17.9 Å². The summed E-state index contributed by atoms with van der Waals surface area (Å²) in [5, 5.41) is 2.87. The SMILES string of the molecule is Cc1ccc(S(=O)(=O)N(C)c2cccc(C(=O)NCCC(C)C)c2)cc1. The first-order valence-electron chi connectivity index (χ1n) is 8.65. The van der Waals surface area contributed by atoms with Gasteiger partial charge in [-0.15, -0.1) is 0 Å². The molecule has 2 aromatic carbocycles. The summed E-state index contributed by atoms with van der Waals surface area (Å²) in [6.07, 6.45) is 0.896. The Morgan fingerprint density at radius 3 is 2.38 bits per heavy atom. The number of hydrogen-bond donors (Lipinski definition) is 1. The quantitative estimate of drug-likeness (QED) is 0.805. The third-order valence-corrected chi connectivity index (χ3v) is 5.96. The second-order valence-corrected chi connectivity index (χ2v) is 8.74. The number of hydrogen-bond acceptors (Lipinski definition) is 3. The second-order valence-electron chi connectivity index (χ2n) is 6.77. The van der Waals surface area contributed by atoms with Crippen molar-refractivity contribution in [1.82, 2.24) is 5.32 Å². The van der Waals surface area contributed by atoms with E-state index in [0.29, 0.717) is 23.7 Å². The number of nitrogens with one attached hydrogen (secondary N) is 1. The molecular weight excluding hydrogens is 348 g/mol. The molecule has 0 fully saturated rings. The van der Waals surface area contributed by atoms with Gasteiger partial charge in [0.15, 0.2) is 0 Å². The predicted octanol–water partition coefficient (Wildman–Crippen LogP) is 3.60. The Bertz CT molecular complexity index is 859. The molecule has 5 nitrogen and oxygen atoms in total. The van der Waals surface area contributed by atoms with Crippen molar-refractivity contribution >= 4 is 21.6 Å². The number of carbonyl (C=O) groups excluding carboxylic acids is 1. The zero-order chi connectivity index (χ0) is 19.3. The van der Waals surface area contributed by atoms with Gasteiger partial charge in [0.05, 0.1) is 10.6 Å². The number of sulfonamides is 1. The van der Waals surface area contributed by atoms with Crippen LogP contribution >= 0.6 is 0 Å². The molecule has 0 spiro atoms. The Morgan fingerprint density at radius 2 is 1.77 bits per heavy atom. The Hall–Kier alpha value is -2.34. The van der Waals surface area contributed by atoms with Crippen LogP contribution < -0.4 is 9.62 Å². The molecule has 0 aromatic heterocycles. The van der Waals surface area contributed by atoms with Crippen LogP contribution in [0.15, 0.2) is 53.4 Å². The number of carbonyl (C=O) groups is 1. The number of benzene rings is 2. The zero-order valence-electron chi connectivity index (χ0n) is 15.7. The second kappa shape index (κ2) is 8.36. The maximum atomic E-state index is 12.8. The molecule has 0 unspecified atom stereocenters. The highest BCUT2D eigenvalue weighted by Crippen LogP contribution is 2.23. The highest BCUT2D eigenvalue weighted by Gasteiger charge is 2.21. The molecule has 0 heterocycles. The Morgan fingerprint density at radius 1 is 1.12 bits per heavy atom. The van der Waals surface area contributed by atoms with E-state index in [4.69, 9.17) is 0 Å². The van der Waals surface area contributed by atoms with Crippen LogP contribution in [0.3, 0.4) is 0 Å². The van der Waals surface area contributed by atoms with Crippen LogP contribution in [-0.2, 0) is 10.0 Å². The molecule has 0 bridgehead atoms. The molecule has 0 atom stereocenters. The molecule has 1 amide bonds. The first-order valence-corrected chi connectivity index (χ1v) is 10.1. The maximum absolute atomic E-state index is 12.8. The van der Waals surface area contributed by atoms with Gasteiger partial charge in [-0.25, -0.2) is 8.42 Å². The summed E-state index contributed by atoms with van der Waals surface area (Å²) < 4.78 is 26.8. The van der Waals surface area contributed by atoms with Gasteiger partial charge in [-0.2, -0.15) is 0 Å². The van der Waals surface area contributed by atoms with Gasteiger partial charge in [-0.1, -0.05) is 37.6 Å². The third-order valence-electron chi connectivity index (χ3n) is 4.16. The zero-order valence-corrected chi connectivity index (χ0v) is 16.5. The lowest BCUT2D eigenvalue weighted by Crippen LogP contribution is -2.28. The molecule has 2 rings (SSSR count). The van der Waals surface area contributed by atoms with Gasteiger partial charge in [0.1, 0.15) is 0 Å². The number of rotatable bonds is 7. The summed E-state index contributed by atoms with van der Waals surface area (Å²) >= 11 is 0. The summed E-state index contributed by atoms with van der Waals surface area (Å²) in [6, 6.07) is 13.3. The van der Waals surface area contributed by atoms with Crippen molar-refractivity contribution in [2.24, 2.45) is 5.92 Å². The molecule has 0 radical (unpaired) electrons. The van der Waals surface area contributed by atoms with Gasteiger partial charge < -0.3 is 5.32 Å². The summed E-state index contributed by atoms with van der Waals surface area (Å²) in [6.45, 7) is 6.69. The lowest BCUT2D eigenvalue weighted by molar-refractivity contribution is 0.0952. The van der Waals surface area contributed by atoms with E-state index in [-0.39, 0.29) is 10.8 Å². The lowest BCUT2D eigenvalue weighted by atomic mass is 10.1. The minimum atomic E-state index is -3.68. The van der Waals surface area contributed by atoms with Gasteiger partial charge in [-0.05, 0) is 49.6 Å². The molecule has 140 valence electrons. The lowest BCUT2D eigenvalue weighted by Gasteiger charge is -2.20. The maximum Gasteiger partial charge on any atom is 0.264 e. The molecule has 0 aliphatic carbocycles. The summed E-state index contributed by atoms with van der Waals surface area (Å²) in [5.41, 5.74) is 1.88. The van der Waals surface area contributed by atoms with E-state index in [1.165, 1.54) is 11.4 Å². The Balaban J connectivity index is 2.20. The molecule has 2 aromatic rings. The standard InChI is InChI=1S/C20H26N2O3S/c1-15(2)12-13-21-20(23)17-6-5-7-18(14-17)22(4)26(24,25)19-10-8-16(3)9-11-19/h5-11,14-15H,12-13H2,1-4H3,(H,21,23). The van der Waals surface area contributed by atoms with Crippen molar-refractivity contribution in [3.05, 3.63) is 59.7 Å². The van der Waals surface area contributed by atoms with Crippen LogP contribution in [0, 0.1) is 12.8 Å². The fourth-order valence-corrected chi connectivity index (χ4v) is 3.61. The summed E-state index contributed by atoms with van der Waals surface area (Å²) in [7, 11) is -2.19. The largest absolute Gasteiger partial charge is 0.352 e. The van der Waals surface area contributed by atoms with Crippen molar-refractivity contribution in [1.29, 1.82) is 0 Å². The van der Waals surface area contributed by atoms with E-state index in [9.17, 15) is 13.2 Å². The summed E-state index contributed by atoms with van der Waals surface area (Å²) in [4.78, 5) is 12.5. The van der Waals surface area contributed by atoms with E-state index < -0.39 is 10.0 Å². The first kappa shape index (κ1) is 20.0. The van der Waals surface area contributed by atoms with Crippen molar-refractivity contribution in [2.45, 2.75) is 32.1 Å². The molecule has 0 saturated carbocycles. The monoisotopic (exact) mass is 374 g/mol. The number of aryl methyl sites for hydroxylation is 1. The molecule has 26 heavy (non-hydrogen) atoms. The third kappa shape index (κ3) is 4.85. The molecule has 1 N–H and O–H groups in total. The van der Waals surface area contributed by atoms with E-state index in [1.807, 2.05) is 6.92 Å². The number of nitrogens with zero attached hydrogens (tertiary/aromatic N) is 1. The van der Waals surface area contributed by atoms with Crippen LogP contribution in [0.2, 0.25) is 0 Å². The van der Waals surface area contributed by atoms with Crippen LogP contribution in [0.4, 0.5) is 5.69 Å². The highest BCUT2D eigenvalue weighted by molar-refractivity contribution is 7.92. The minimum absolute atomic E-state index is 0.200. The average Bonchev–Trinajstić information content (AvgIpc) is 2.61. The number of anilines is 1. The molecule has 0 aliphatic heterocycles. The van der Waals surface area contributed by atoms with Gasteiger partial charge in [0, 0.05) is 19.2 Å². The van der Waals surface area contributed by atoms with E-state index in [1.54, 1.807) is 48.5 Å². The fraction of sp³-hybridized carbons (Fsp3) is 0.350. The normalized spacial score (nSPS) is 11.4. The topological polar surface area (TPSA) is 66.5 Å². The van der Waals surface area contributed by atoms with Gasteiger partial charge in [0.2, 0.25) is 0 Å². The molecular formula is C20H26N2O3S. The van der Waals surface area contributed by atoms with Gasteiger partial charge >= 0.3 is 0 Å². The highest BCUT2D eigenvalue weighted by atomic mass is 32.2. The van der Waals surface area contributed by atoms with Crippen molar-refractivity contribution in [3.63, 3.8) is 0 Å². The number of amides is 1. The van der Waals surface area contributed by atoms with E-state index in [0.717, 1.165) is 12.0 Å². The smallest absolute Gasteiger partial charge is 0.264 e. The van der Waals surface area contributed by atoms with E-state index >= 15 is 0 Å². The molecule has 0 saturated heterocycles. The molecule has 0 aliphatic rings. The van der Waals surface area contributed by atoms with Crippen molar-refractivity contribution in [3.8, 4) is 0 Å². The minimum Gasteiger partial charge on any atom is -0.352 e. The predicted molar refractivity (Wildman–Crippen MR) is 105 cm³/mol.